The summed E-state index contributed by atoms with van der Waals surface area (Å²) in [6.07, 6.45) is 0. The zero-order chi connectivity index (χ0) is 33.2. The minimum absolute atomic E-state index is 0.227. The lowest BCUT2D eigenvalue weighted by Crippen LogP contribution is -2.33. The first-order valence-corrected chi connectivity index (χ1v) is 17.2. The summed E-state index contributed by atoms with van der Waals surface area (Å²) in [7, 11) is 0. The highest BCUT2D eigenvalue weighted by Crippen LogP contribution is 2.54. The SMILES string of the molecule is CCOC(=O)c1ccc(N2C(=O)C3Sc4c(sc(=O)n4CC(=O)Nc4ccccc4)C(c4ccc(N(CC)CC)cc4)C3C2=O)cc1. The zero-order valence-electron chi connectivity index (χ0n) is 26.2. The molecule has 12 heteroatoms. The summed E-state index contributed by atoms with van der Waals surface area (Å²) in [6.45, 7) is 7.53. The van der Waals surface area contributed by atoms with E-state index in [0.717, 1.165) is 47.4 Å². The second kappa shape index (κ2) is 13.6. The Labute approximate surface area is 280 Å². The maximum absolute atomic E-state index is 14.3. The molecule has 1 fully saturated rings. The third kappa shape index (κ3) is 6.10. The number of thiazole rings is 1. The number of hydrogen-bond acceptors (Lipinski definition) is 9. The van der Waals surface area contributed by atoms with E-state index in [0.29, 0.717) is 26.8 Å². The Balaban J connectivity index is 1.39. The maximum Gasteiger partial charge on any atom is 0.338 e. The quantitative estimate of drug-likeness (QED) is 0.177. The first-order chi connectivity index (χ1) is 22.7. The van der Waals surface area contributed by atoms with Gasteiger partial charge in [-0.15, -0.1) is 0 Å². The number of amides is 3. The van der Waals surface area contributed by atoms with Gasteiger partial charge in [0.25, 0.3) is 0 Å². The molecule has 2 aliphatic heterocycles. The van der Waals surface area contributed by atoms with Crippen LogP contribution in [0, 0.1) is 5.92 Å². The number of para-hydroxylation sites is 1. The number of fused-ring (bicyclic) bond motifs is 2. The summed E-state index contributed by atoms with van der Waals surface area (Å²) >= 11 is 2.17. The van der Waals surface area contributed by atoms with Crippen LogP contribution in [0.25, 0.3) is 0 Å². The Bertz CT molecular complexity index is 1870. The predicted octanol–water partition coefficient (Wildman–Crippen LogP) is 5.37. The molecule has 3 unspecified atom stereocenters. The second-order valence-electron chi connectivity index (χ2n) is 11.1. The molecule has 2 aliphatic rings. The van der Waals surface area contributed by atoms with Gasteiger partial charge in [-0.3, -0.25) is 23.7 Å². The van der Waals surface area contributed by atoms with Crippen LogP contribution in [0.15, 0.2) is 88.7 Å². The highest BCUT2D eigenvalue weighted by atomic mass is 32.2. The van der Waals surface area contributed by atoms with E-state index in [1.54, 1.807) is 43.3 Å². The lowest BCUT2D eigenvalue weighted by atomic mass is 9.83. The number of carbonyl (C=O) groups is 4. The normalized spacial score (nSPS) is 18.4. The first-order valence-electron chi connectivity index (χ1n) is 15.5. The zero-order valence-corrected chi connectivity index (χ0v) is 27.8. The molecule has 3 aromatic carbocycles. The van der Waals surface area contributed by atoms with Crippen molar-refractivity contribution < 1.29 is 23.9 Å². The predicted molar refractivity (Wildman–Crippen MR) is 184 cm³/mol. The molecule has 4 aromatic rings. The molecule has 242 valence electrons. The van der Waals surface area contributed by atoms with Gasteiger partial charge in [0.15, 0.2) is 0 Å². The molecule has 0 saturated carbocycles. The van der Waals surface area contributed by atoms with Gasteiger partial charge in [0.1, 0.15) is 11.8 Å². The van der Waals surface area contributed by atoms with E-state index >= 15 is 0 Å². The number of imide groups is 1. The lowest BCUT2D eigenvalue weighted by Gasteiger charge is -2.31. The van der Waals surface area contributed by atoms with E-state index in [-0.39, 0.29) is 29.8 Å². The molecule has 3 heterocycles. The molecule has 6 rings (SSSR count). The van der Waals surface area contributed by atoms with Crippen molar-refractivity contribution in [1.29, 1.82) is 0 Å². The summed E-state index contributed by atoms with van der Waals surface area (Å²) in [6, 6.07) is 23.1. The molecule has 47 heavy (non-hydrogen) atoms. The molecule has 3 atom stereocenters. The van der Waals surface area contributed by atoms with Gasteiger partial charge in [-0.25, -0.2) is 9.69 Å². The van der Waals surface area contributed by atoms with Gasteiger partial charge < -0.3 is 15.0 Å². The van der Waals surface area contributed by atoms with Crippen LogP contribution in [0.3, 0.4) is 0 Å². The number of nitrogens with zero attached hydrogens (tertiary/aromatic N) is 3. The van der Waals surface area contributed by atoms with E-state index in [4.69, 9.17) is 4.74 Å². The Hall–Kier alpha value is -4.68. The van der Waals surface area contributed by atoms with Gasteiger partial charge in [-0.05, 0) is 74.9 Å². The topological polar surface area (TPSA) is 118 Å². The molecule has 1 aromatic heterocycles. The fourth-order valence-electron chi connectivity index (χ4n) is 6.18. The van der Waals surface area contributed by atoms with Crippen molar-refractivity contribution >= 4 is 63.9 Å². The molecular weight excluding hydrogens is 637 g/mol. The van der Waals surface area contributed by atoms with E-state index in [2.05, 4.69) is 24.1 Å². The summed E-state index contributed by atoms with van der Waals surface area (Å²) < 4.78 is 6.48. The summed E-state index contributed by atoms with van der Waals surface area (Å²) in [5.41, 5.74) is 3.10. The maximum atomic E-state index is 14.3. The van der Waals surface area contributed by atoms with E-state index < -0.39 is 29.0 Å². The molecule has 0 spiro atoms. The van der Waals surface area contributed by atoms with Gasteiger partial charge in [0.2, 0.25) is 17.7 Å². The fourth-order valence-corrected chi connectivity index (χ4v) is 8.95. The Morgan fingerprint density at radius 3 is 2.19 bits per heavy atom. The number of carbonyl (C=O) groups excluding carboxylic acids is 4. The standard InChI is InChI=1S/C35H34N4O6S2/c1-4-37(5-2)24-16-12-21(13-17-24)27-28-29(32(42)39(31(28)41)25-18-14-22(15-19-25)34(43)45-6-3)46-33-30(27)47-35(44)38(33)20-26(40)36-23-10-8-7-9-11-23/h7-19,27-29H,4-6,20H2,1-3H3,(H,36,40). The van der Waals surface area contributed by atoms with Crippen molar-refractivity contribution in [2.45, 2.75) is 43.5 Å². The van der Waals surface area contributed by atoms with Gasteiger partial charge in [-0.2, -0.15) is 0 Å². The number of thioether (sulfide) groups is 1. The van der Waals surface area contributed by atoms with Crippen molar-refractivity contribution in [3.63, 3.8) is 0 Å². The largest absolute Gasteiger partial charge is 0.462 e. The van der Waals surface area contributed by atoms with Crippen molar-refractivity contribution in [2.24, 2.45) is 5.92 Å². The third-order valence-electron chi connectivity index (χ3n) is 8.43. The Morgan fingerprint density at radius 2 is 1.55 bits per heavy atom. The van der Waals surface area contributed by atoms with Crippen LogP contribution in [-0.4, -0.2) is 53.2 Å². The lowest BCUT2D eigenvalue weighted by molar-refractivity contribution is -0.122. The third-order valence-corrected chi connectivity index (χ3v) is 11.0. The van der Waals surface area contributed by atoms with Crippen LogP contribution in [0.1, 0.15) is 47.5 Å². The van der Waals surface area contributed by atoms with Crippen LogP contribution in [0.5, 0.6) is 0 Å². The average Bonchev–Trinajstić information content (AvgIpc) is 3.52. The molecule has 0 radical (unpaired) electrons. The summed E-state index contributed by atoms with van der Waals surface area (Å²) in [5, 5.41) is 2.51. The molecule has 10 nitrogen and oxygen atoms in total. The van der Waals surface area contributed by atoms with E-state index in [1.807, 2.05) is 30.3 Å². The highest BCUT2D eigenvalue weighted by molar-refractivity contribution is 8.00. The number of anilines is 3. The molecule has 1 N–H and O–H groups in total. The summed E-state index contributed by atoms with van der Waals surface area (Å²) in [5.74, 6) is -3.03. The number of nitrogens with one attached hydrogen (secondary N) is 1. The Kier molecular flexibility index (Phi) is 9.33. The molecule has 3 amide bonds. The highest BCUT2D eigenvalue weighted by Gasteiger charge is 2.56. The number of benzene rings is 3. The minimum atomic E-state index is -0.829. The average molecular weight is 671 g/mol. The number of aromatic nitrogens is 1. The van der Waals surface area contributed by atoms with Gasteiger partial charge in [-0.1, -0.05) is 53.4 Å². The molecular formula is C35H34N4O6S2. The monoisotopic (exact) mass is 670 g/mol. The number of hydrogen-bond donors (Lipinski definition) is 1. The smallest absolute Gasteiger partial charge is 0.338 e. The summed E-state index contributed by atoms with van der Waals surface area (Å²) in [4.78, 5) is 70.8. The molecule has 0 aliphatic carbocycles. The van der Waals surface area contributed by atoms with Crippen molar-refractivity contribution in [3.8, 4) is 0 Å². The van der Waals surface area contributed by atoms with E-state index in [1.165, 1.54) is 21.6 Å². The van der Waals surface area contributed by atoms with Crippen molar-refractivity contribution in [1.82, 2.24) is 4.57 Å². The Morgan fingerprint density at radius 1 is 0.872 bits per heavy atom. The van der Waals surface area contributed by atoms with Crippen LogP contribution in [0.4, 0.5) is 17.1 Å². The number of rotatable bonds is 10. The number of esters is 1. The van der Waals surface area contributed by atoms with Crippen LogP contribution >= 0.6 is 23.1 Å². The second-order valence-corrected chi connectivity index (χ2v) is 13.2. The van der Waals surface area contributed by atoms with Gasteiger partial charge >= 0.3 is 10.8 Å². The van der Waals surface area contributed by atoms with Crippen LogP contribution in [-0.2, 0) is 25.7 Å². The van der Waals surface area contributed by atoms with Gasteiger partial charge in [0.05, 0.1) is 28.8 Å². The van der Waals surface area contributed by atoms with Crippen molar-refractivity contribution in [3.05, 3.63) is 105 Å². The molecule has 0 bridgehead atoms. The fraction of sp³-hybridized carbons (Fsp3) is 0.286. The van der Waals surface area contributed by atoms with Crippen LogP contribution in [0.2, 0.25) is 0 Å². The van der Waals surface area contributed by atoms with E-state index in [9.17, 15) is 24.0 Å². The van der Waals surface area contributed by atoms with Crippen LogP contribution < -0.4 is 20.0 Å². The minimum Gasteiger partial charge on any atom is -0.462 e. The first kappa shape index (κ1) is 32.3. The molecule has 1 saturated heterocycles. The van der Waals surface area contributed by atoms with Crippen molar-refractivity contribution in [2.75, 3.05) is 34.8 Å². The van der Waals surface area contributed by atoms with Gasteiger partial charge in [0, 0.05) is 35.3 Å². The number of ether oxygens (including phenoxy) is 1.